The van der Waals surface area contributed by atoms with Gasteiger partial charge in [-0.15, -0.1) is 27.8 Å². The van der Waals surface area contributed by atoms with Gasteiger partial charge in [0.2, 0.25) is 0 Å². The van der Waals surface area contributed by atoms with Crippen LogP contribution < -0.4 is 11.1 Å². The quantitative estimate of drug-likeness (QED) is 0.377. The van der Waals surface area contributed by atoms with Crippen LogP contribution in [0, 0.1) is 0 Å². The number of rotatable bonds is 9. The highest BCUT2D eigenvalue weighted by Gasteiger charge is 2.19. The van der Waals surface area contributed by atoms with Crippen molar-refractivity contribution in [3.63, 3.8) is 0 Å². The Morgan fingerprint density at radius 1 is 1.06 bits per heavy atom. The van der Waals surface area contributed by atoms with Crippen LogP contribution in [0.15, 0.2) is 74.6 Å². The van der Waals surface area contributed by atoms with Crippen molar-refractivity contribution in [1.29, 1.82) is 0 Å². The molecule has 0 aliphatic rings. The maximum absolute atomic E-state index is 12.4. The van der Waals surface area contributed by atoms with E-state index in [4.69, 9.17) is 9.15 Å². The number of hydrogen-bond acceptors (Lipinski definition) is 8. The number of ether oxygens (including phenoxy) is 1. The van der Waals surface area contributed by atoms with Gasteiger partial charge in [-0.05, 0) is 28.5 Å². The van der Waals surface area contributed by atoms with E-state index in [2.05, 4.69) is 10.4 Å². The van der Waals surface area contributed by atoms with Crippen LogP contribution in [0.5, 0.6) is 0 Å². The lowest BCUT2D eigenvalue weighted by Gasteiger charge is -2.18. The molecule has 3 aromatic heterocycles. The number of hydrogen-bond donors (Lipinski definition) is 1. The molecule has 0 radical (unpaired) electrons. The zero-order chi connectivity index (χ0) is 22.3. The molecule has 1 unspecified atom stereocenters. The Balaban J connectivity index is 1.29. The van der Waals surface area contributed by atoms with Gasteiger partial charge in [0.05, 0.1) is 23.9 Å². The summed E-state index contributed by atoms with van der Waals surface area (Å²) >= 11 is 2.92. The number of carbonyl (C=O) groups excluding carboxylic acids is 2. The van der Waals surface area contributed by atoms with E-state index in [-0.39, 0.29) is 24.9 Å². The van der Waals surface area contributed by atoms with Gasteiger partial charge in [0, 0.05) is 4.88 Å². The molecule has 10 heteroatoms. The molecule has 32 heavy (non-hydrogen) atoms. The first-order valence-electron chi connectivity index (χ1n) is 9.75. The summed E-state index contributed by atoms with van der Waals surface area (Å²) in [6.45, 7) is -0.419. The number of esters is 1. The largest absolute Gasteiger partial charge is 0.456 e. The number of nitrogens with zero attached hydrogens (tertiary/aromatic N) is 2. The van der Waals surface area contributed by atoms with E-state index in [1.54, 1.807) is 6.07 Å². The van der Waals surface area contributed by atoms with Gasteiger partial charge in [0.15, 0.2) is 6.61 Å². The molecule has 1 aromatic carbocycles. The van der Waals surface area contributed by atoms with E-state index in [1.807, 2.05) is 59.3 Å². The fourth-order valence-corrected chi connectivity index (χ4v) is 4.43. The third kappa shape index (κ3) is 5.40. The molecule has 0 saturated carbocycles. The number of nitrogens with one attached hydrogen (secondary N) is 1. The molecule has 0 bridgehead atoms. The van der Waals surface area contributed by atoms with Gasteiger partial charge in [0.25, 0.3) is 11.8 Å². The summed E-state index contributed by atoms with van der Waals surface area (Å²) in [4.78, 5) is 38.1. The van der Waals surface area contributed by atoms with Crippen molar-refractivity contribution in [2.24, 2.45) is 0 Å². The Bertz CT molecular complexity index is 1210. The predicted octanol–water partition coefficient (Wildman–Crippen LogP) is 3.47. The maximum atomic E-state index is 12.4. The van der Waals surface area contributed by atoms with E-state index >= 15 is 0 Å². The van der Waals surface area contributed by atoms with E-state index in [0.29, 0.717) is 0 Å². The molecule has 0 saturated heterocycles. The van der Waals surface area contributed by atoms with Gasteiger partial charge in [-0.25, -0.2) is 4.79 Å². The van der Waals surface area contributed by atoms with Crippen molar-refractivity contribution >= 4 is 34.6 Å². The lowest BCUT2D eigenvalue weighted by atomic mass is 10.1. The minimum atomic E-state index is -0.652. The lowest BCUT2D eigenvalue weighted by molar-refractivity contribution is -0.148. The fourth-order valence-electron chi connectivity index (χ4n) is 2.99. The fraction of sp³-hybridized carbons (Fsp3) is 0.182. The second-order valence-corrected chi connectivity index (χ2v) is 8.64. The normalized spacial score (nSPS) is 11.8. The van der Waals surface area contributed by atoms with Gasteiger partial charge >= 0.3 is 11.7 Å². The number of benzene rings is 1. The summed E-state index contributed by atoms with van der Waals surface area (Å²) in [6.07, 6.45) is -0.114. The van der Waals surface area contributed by atoms with E-state index in [1.165, 1.54) is 22.7 Å². The van der Waals surface area contributed by atoms with Crippen molar-refractivity contribution in [1.82, 2.24) is 15.1 Å². The summed E-state index contributed by atoms with van der Waals surface area (Å²) in [5.74, 6) is -1.47. The number of amides is 1. The zero-order valence-corrected chi connectivity index (χ0v) is 18.4. The van der Waals surface area contributed by atoms with Crippen molar-refractivity contribution in [2.75, 3.05) is 6.61 Å². The first kappa shape index (κ1) is 21.7. The Morgan fingerprint density at radius 2 is 1.84 bits per heavy atom. The molecule has 4 rings (SSSR count). The van der Waals surface area contributed by atoms with E-state index < -0.39 is 24.2 Å². The maximum Gasteiger partial charge on any atom is 0.437 e. The Labute approximate surface area is 191 Å². The van der Waals surface area contributed by atoms with Crippen LogP contribution in [0.1, 0.15) is 22.9 Å². The molecule has 3 heterocycles. The van der Waals surface area contributed by atoms with Crippen molar-refractivity contribution < 1.29 is 18.7 Å². The van der Waals surface area contributed by atoms with Crippen LogP contribution in [0.25, 0.3) is 10.8 Å². The molecule has 0 fully saturated rings. The SMILES string of the molecule is O=C(COC(=O)CCn1nc(-c2cccs2)oc1=O)NC(c1ccccc1)c1cccs1. The van der Waals surface area contributed by atoms with Crippen LogP contribution in [-0.4, -0.2) is 28.3 Å². The van der Waals surface area contributed by atoms with Gasteiger partial charge in [-0.2, -0.15) is 4.68 Å². The Morgan fingerprint density at radius 3 is 2.56 bits per heavy atom. The standard InChI is InChI=1S/C22H19N3O5S2/c26-18(23-20(16-8-4-12-31-16)15-6-2-1-3-7-15)14-29-19(27)10-11-25-22(28)30-21(24-25)17-9-5-13-32-17/h1-9,12-13,20H,10-11,14H2,(H,23,26). The minimum absolute atomic E-state index is 0.00397. The number of aromatic nitrogens is 2. The third-order valence-corrected chi connectivity index (χ3v) is 6.29. The van der Waals surface area contributed by atoms with Crippen molar-refractivity contribution in [2.45, 2.75) is 19.0 Å². The highest BCUT2D eigenvalue weighted by Crippen LogP contribution is 2.26. The van der Waals surface area contributed by atoms with Crippen LogP contribution in [0.2, 0.25) is 0 Å². The molecule has 4 aromatic rings. The summed E-state index contributed by atoms with van der Waals surface area (Å²) in [7, 11) is 0. The molecule has 164 valence electrons. The minimum Gasteiger partial charge on any atom is -0.456 e. The van der Waals surface area contributed by atoms with Crippen LogP contribution >= 0.6 is 22.7 Å². The van der Waals surface area contributed by atoms with Gasteiger partial charge in [-0.1, -0.05) is 42.5 Å². The Hall–Kier alpha value is -3.50. The zero-order valence-electron chi connectivity index (χ0n) is 16.8. The lowest BCUT2D eigenvalue weighted by Crippen LogP contribution is -2.33. The van der Waals surface area contributed by atoms with Gasteiger partial charge in [-0.3, -0.25) is 9.59 Å². The third-order valence-electron chi connectivity index (χ3n) is 4.50. The van der Waals surface area contributed by atoms with Gasteiger partial charge in [0.1, 0.15) is 0 Å². The smallest absolute Gasteiger partial charge is 0.437 e. The van der Waals surface area contributed by atoms with Crippen LogP contribution in [0.3, 0.4) is 0 Å². The van der Waals surface area contributed by atoms with E-state index in [9.17, 15) is 14.4 Å². The molecule has 1 atom stereocenters. The highest BCUT2D eigenvalue weighted by atomic mass is 32.1. The van der Waals surface area contributed by atoms with Crippen LogP contribution in [-0.2, 0) is 20.9 Å². The number of carbonyl (C=O) groups is 2. The van der Waals surface area contributed by atoms with Crippen molar-refractivity contribution in [3.8, 4) is 10.8 Å². The van der Waals surface area contributed by atoms with Crippen molar-refractivity contribution in [3.05, 3.63) is 86.3 Å². The second kappa shape index (κ2) is 10.2. The molecular formula is C22H19N3O5S2. The van der Waals surface area contributed by atoms with Gasteiger partial charge < -0.3 is 14.5 Å². The number of aryl methyl sites for hydroxylation is 1. The molecule has 0 aliphatic carbocycles. The monoisotopic (exact) mass is 469 g/mol. The Kier molecular flexibility index (Phi) is 6.93. The summed E-state index contributed by atoms with van der Waals surface area (Å²) in [5.41, 5.74) is 0.932. The first-order chi connectivity index (χ1) is 15.6. The second-order valence-electron chi connectivity index (χ2n) is 6.71. The summed E-state index contributed by atoms with van der Waals surface area (Å²) < 4.78 is 11.2. The molecule has 0 spiro atoms. The number of thiophene rings is 2. The molecule has 1 amide bonds. The predicted molar refractivity (Wildman–Crippen MR) is 120 cm³/mol. The van der Waals surface area contributed by atoms with Crippen LogP contribution in [0.4, 0.5) is 0 Å². The molecule has 1 N–H and O–H groups in total. The average molecular weight is 470 g/mol. The van der Waals surface area contributed by atoms with E-state index in [0.717, 1.165) is 20.0 Å². The average Bonchev–Trinajstić information content (AvgIpc) is 3.57. The topological polar surface area (TPSA) is 103 Å². The molecule has 8 nitrogen and oxygen atoms in total. The molecular weight excluding hydrogens is 450 g/mol. The summed E-state index contributed by atoms with van der Waals surface area (Å²) in [6, 6.07) is 16.7. The highest BCUT2D eigenvalue weighted by molar-refractivity contribution is 7.13. The summed E-state index contributed by atoms with van der Waals surface area (Å²) in [5, 5.41) is 10.8. The molecule has 0 aliphatic heterocycles. The first-order valence-corrected chi connectivity index (χ1v) is 11.5.